The number of amides is 1. The lowest BCUT2D eigenvalue weighted by molar-refractivity contribution is 0.0776. The molecule has 8 heteroatoms. The molecule has 1 atom stereocenters. The van der Waals surface area contributed by atoms with E-state index in [1.165, 1.54) is 0 Å². The van der Waals surface area contributed by atoms with Gasteiger partial charge in [-0.25, -0.2) is 13.6 Å². The third kappa shape index (κ3) is 4.78. The Labute approximate surface area is 137 Å². The fourth-order valence-corrected chi connectivity index (χ4v) is 3.97. The second-order valence-electron chi connectivity index (χ2n) is 6.67. The van der Waals surface area contributed by atoms with Crippen molar-refractivity contribution in [2.75, 3.05) is 18.8 Å². The lowest BCUT2D eigenvalue weighted by Crippen LogP contribution is -2.32. The number of aromatic nitrogens is 2. The first kappa shape index (κ1) is 17.9. The van der Waals surface area contributed by atoms with Crippen LogP contribution in [0.2, 0.25) is 0 Å². The lowest BCUT2D eigenvalue weighted by Gasteiger charge is -2.16. The topological polar surface area (TPSA) is 98.3 Å². The van der Waals surface area contributed by atoms with Crippen LogP contribution in [0.25, 0.3) is 0 Å². The summed E-state index contributed by atoms with van der Waals surface area (Å²) >= 11 is 0. The summed E-state index contributed by atoms with van der Waals surface area (Å²) in [6, 6.07) is 1.86. The highest BCUT2D eigenvalue weighted by Gasteiger charge is 2.31. The first-order valence-corrected chi connectivity index (χ1v) is 9.77. The van der Waals surface area contributed by atoms with Gasteiger partial charge in [0.15, 0.2) is 0 Å². The maximum atomic E-state index is 12.7. The van der Waals surface area contributed by atoms with Crippen molar-refractivity contribution in [2.45, 2.75) is 40.2 Å². The molecular weight excluding hydrogens is 316 g/mol. The number of sulfonamides is 1. The Morgan fingerprint density at radius 1 is 1.48 bits per heavy atom. The monoisotopic (exact) mass is 342 g/mol. The molecule has 1 aromatic rings. The van der Waals surface area contributed by atoms with Crippen LogP contribution in [0.5, 0.6) is 0 Å². The van der Waals surface area contributed by atoms with Gasteiger partial charge in [-0.1, -0.05) is 13.8 Å². The van der Waals surface area contributed by atoms with Crippen LogP contribution in [-0.4, -0.2) is 47.8 Å². The highest BCUT2D eigenvalue weighted by atomic mass is 32.2. The van der Waals surface area contributed by atoms with Crippen molar-refractivity contribution in [3.63, 3.8) is 0 Å². The van der Waals surface area contributed by atoms with Crippen LogP contribution in [0.15, 0.2) is 6.07 Å². The average molecular weight is 342 g/mol. The van der Waals surface area contributed by atoms with Crippen LogP contribution in [0, 0.1) is 11.8 Å². The minimum Gasteiger partial charge on any atom is -0.337 e. The molecule has 0 radical (unpaired) electrons. The minimum atomic E-state index is -3.50. The zero-order valence-electron chi connectivity index (χ0n) is 14.0. The van der Waals surface area contributed by atoms with Gasteiger partial charge in [-0.2, -0.15) is 5.10 Å². The molecule has 0 aliphatic carbocycles. The van der Waals surface area contributed by atoms with Gasteiger partial charge >= 0.3 is 0 Å². The fraction of sp³-hybridized carbons (Fsp3) is 0.733. The number of likely N-dealkylation sites (tertiary alicyclic amines) is 1. The van der Waals surface area contributed by atoms with Crippen LogP contribution in [0.4, 0.5) is 0 Å². The third-order valence-electron chi connectivity index (χ3n) is 4.01. The van der Waals surface area contributed by atoms with E-state index in [0.717, 1.165) is 12.1 Å². The molecule has 1 amide bonds. The van der Waals surface area contributed by atoms with E-state index in [0.29, 0.717) is 37.7 Å². The fourth-order valence-electron chi connectivity index (χ4n) is 3.05. The summed E-state index contributed by atoms with van der Waals surface area (Å²) in [5, 5.41) is 9.59. The average Bonchev–Trinajstić information content (AvgIpc) is 3.02. The summed E-state index contributed by atoms with van der Waals surface area (Å²) in [6.45, 7) is 7.82. The summed E-state index contributed by atoms with van der Waals surface area (Å²) in [7, 11) is -3.50. The predicted molar refractivity (Wildman–Crippen MR) is 88.4 cm³/mol. The highest BCUT2D eigenvalue weighted by molar-refractivity contribution is 7.89. The maximum absolute atomic E-state index is 12.7. The summed E-state index contributed by atoms with van der Waals surface area (Å²) < 4.78 is 24.1. The molecule has 130 valence electrons. The van der Waals surface area contributed by atoms with Crippen LogP contribution in [0.3, 0.4) is 0 Å². The molecular formula is C15H26N4O3S. The Morgan fingerprint density at radius 3 is 2.74 bits per heavy atom. The molecule has 7 nitrogen and oxygen atoms in total. The number of nitrogens with zero attached hydrogens (tertiary/aromatic N) is 3. The first-order chi connectivity index (χ1) is 10.7. The van der Waals surface area contributed by atoms with Crippen LogP contribution in [-0.2, 0) is 23.0 Å². The molecule has 0 unspecified atom stereocenters. The quantitative estimate of drug-likeness (QED) is 0.828. The van der Waals surface area contributed by atoms with Crippen molar-refractivity contribution in [3.05, 3.63) is 17.5 Å². The second kappa shape index (κ2) is 7.00. The molecule has 2 N–H and O–H groups in total. The van der Waals surface area contributed by atoms with Crippen molar-refractivity contribution < 1.29 is 13.2 Å². The van der Waals surface area contributed by atoms with E-state index in [1.54, 1.807) is 9.58 Å². The number of carbonyl (C=O) groups is 1. The Balaban J connectivity index is 2.10. The molecule has 1 fully saturated rings. The van der Waals surface area contributed by atoms with Crippen molar-refractivity contribution in [1.82, 2.24) is 14.7 Å². The first-order valence-electron chi connectivity index (χ1n) is 8.06. The number of nitrogens with two attached hydrogens (primary N) is 1. The molecule has 1 aromatic heterocycles. The molecule has 0 spiro atoms. The maximum Gasteiger partial charge on any atom is 0.272 e. The number of hydrogen-bond acceptors (Lipinski definition) is 4. The number of carbonyl (C=O) groups excluding carboxylic acids is 1. The van der Waals surface area contributed by atoms with E-state index < -0.39 is 10.0 Å². The number of aryl methyl sites for hydroxylation is 1. The summed E-state index contributed by atoms with van der Waals surface area (Å²) in [5.74, 6) is 0.250. The highest BCUT2D eigenvalue weighted by Crippen LogP contribution is 2.20. The molecule has 0 bridgehead atoms. The summed E-state index contributed by atoms with van der Waals surface area (Å²) in [4.78, 5) is 14.4. The Hall–Kier alpha value is -1.41. The molecule has 2 rings (SSSR count). The predicted octanol–water partition coefficient (Wildman–Crippen LogP) is 0.852. The Kier molecular flexibility index (Phi) is 5.46. The van der Waals surface area contributed by atoms with Crippen molar-refractivity contribution in [2.24, 2.45) is 17.0 Å². The zero-order valence-corrected chi connectivity index (χ0v) is 14.8. The summed E-state index contributed by atoms with van der Waals surface area (Å²) in [6.07, 6.45) is 1.50. The number of hydrogen-bond donors (Lipinski definition) is 1. The molecule has 0 saturated carbocycles. The van der Waals surface area contributed by atoms with E-state index >= 15 is 0 Å². The molecule has 23 heavy (non-hydrogen) atoms. The van der Waals surface area contributed by atoms with E-state index in [9.17, 15) is 13.2 Å². The Bertz CT molecular complexity index is 666. The zero-order chi connectivity index (χ0) is 17.2. The third-order valence-corrected chi connectivity index (χ3v) is 4.94. The van der Waals surface area contributed by atoms with Gasteiger partial charge in [0.25, 0.3) is 5.91 Å². The standard InChI is InChI=1S/C15H26N4O3S/c1-4-19-14(8-13(17-19)7-11(2)3)15(20)18-6-5-12(9-18)10-23(16,21)22/h8,11-12H,4-7,9-10H2,1-3H3,(H2,16,21,22)/t12-/m1/s1. The summed E-state index contributed by atoms with van der Waals surface area (Å²) in [5.41, 5.74) is 1.50. The largest absolute Gasteiger partial charge is 0.337 e. The van der Waals surface area contributed by atoms with E-state index in [2.05, 4.69) is 18.9 Å². The molecule has 1 aliphatic rings. The normalized spacial score (nSPS) is 18.8. The van der Waals surface area contributed by atoms with Crippen LogP contribution >= 0.6 is 0 Å². The molecule has 1 saturated heterocycles. The van der Waals surface area contributed by atoms with Crippen molar-refractivity contribution in [1.29, 1.82) is 0 Å². The molecule has 2 heterocycles. The lowest BCUT2D eigenvalue weighted by atomic mass is 10.1. The SMILES string of the molecule is CCn1nc(CC(C)C)cc1C(=O)N1CC[C@@H](CS(N)(=O)=O)C1. The van der Waals surface area contributed by atoms with Gasteiger partial charge in [-0.3, -0.25) is 9.48 Å². The molecule has 0 aromatic carbocycles. The van der Waals surface area contributed by atoms with Gasteiger partial charge in [0.05, 0.1) is 11.4 Å². The van der Waals surface area contributed by atoms with Crippen LogP contribution in [0.1, 0.15) is 43.4 Å². The van der Waals surface area contributed by atoms with E-state index in [-0.39, 0.29) is 17.6 Å². The van der Waals surface area contributed by atoms with E-state index in [1.807, 2.05) is 13.0 Å². The second-order valence-corrected chi connectivity index (χ2v) is 8.33. The Morgan fingerprint density at radius 2 is 2.17 bits per heavy atom. The van der Waals surface area contributed by atoms with Gasteiger partial charge in [0.2, 0.25) is 10.0 Å². The van der Waals surface area contributed by atoms with Gasteiger partial charge in [0, 0.05) is 19.6 Å². The van der Waals surface area contributed by atoms with E-state index in [4.69, 9.17) is 5.14 Å². The van der Waals surface area contributed by atoms with Crippen molar-refractivity contribution in [3.8, 4) is 0 Å². The smallest absolute Gasteiger partial charge is 0.272 e. The van der Waals surface area contributed by atoms with Gasteiger partial charge in [-0.05, 0) is 37.7 Å². The van der Waals surface area contributed by atoms with Crippen molar-refractivity contribution >= 4 is 15.9 Å². The van der Waals surface area contributed by atoms with Gasteiger partial charge in [-0.15, -0.1) is 0 Å². The number of rotatable bonds is 6. The van der Waals surface area contributed by atoms with Gasteiger partial charge in [0.1, 0.15) is 5.69 Å². The van der Waals surface area contributed by atoms with Crippen LogP contribution < -0.4 is 5.14 Å². The molecule has 1 aliphatic heterocycles. The minimum absolute atomic E-state index is 0.0670. The van der Waals surface area contributed by atoms with Gasteiger partial charge < -0.3 is 4.90 Å². The number of primary sulfonamides is 1.